The second-order valence-electron chi connectivity index (χ2n) is 8.62. The molecule has 1 unspecified atom stereocenters. The molecule has 0 bridgehead atoms. The van der Waals surface area contributed by atoms with Gasteiger partial charge in [-0.15, -0.1) is 0 Å². The van der Waals surface area contributed by atoms with Crippen molar-refractivity contribution in [1.29, 1.82) is 0 Å². The van der Waals surface area contributed by atoms with Crippen LogP contribution in [0.2, 0.25) is 0 Å². The van der Waals surface area contributed by atoms with Crippen LogP contribution in [-0.4, -0.2) is 60.6 Å². The number of amidine groups is 1. The second kappa shape index (κ2) is 9.81. The Hall–Kier alpha value is -2.41. The van der Waals surface area contributed by atoms with Gasteiger partial charge in [0.15, 0.2) is 0 Å². The molecule has 0 radical (unpaired) electrons. The zero-order chi connectivity index (χ0) is 21.8. The molecule has 1 saturated carbocycles. The van der Waals surface area contributed by atoms with Crippen LogP contribution < -0.4 is 0 Å². The molecule has 0 saturated heterocycles. The lowest BCUT2D eigenvalue weighted by atomic mass is 9.77. The number of fused-ring (bicyclic) bond motifs is 1. The van der Waals surface area contributed by atoms with Crippen molar-refractivity contribution in [2.24, 2.45) is 10.9 Å². The van der Waals surface area contributed by atoms with Gasteiger partial charge in [0.05, 0.1) is 25.4 Å². The maximum absolute atomic E-state index is 10.6. The van der Waals surface area contributed by atoms with Crippen molar-refractivity contribution in [2.75, 3.05) is 14.1 Å². The molecule has 0 spiro atoms. The van der Waals surface area contributed by atoms with Gasteiger partial charge in [0.1, 0.15) is 18.2 Å². The van der Waals surface area contributed by atoms with Gasteiger partial charge in [-0.05, 0) is 24.5 Å². The van der Waals surface area contributed by atoms with Crippen molar-refractivity contribution in [3.05, 3.63) is 71.8 Å². The molecule has 1 fully saturated rings. The minimum Gasteiger partial charge on any atom is -0.459 e. The predicted molar refractivity (Wildman–Crippen MR) is 120 cm³/mol. The standard InChI is InChI=1S/C25H32N2O4/c1-17(28)20-14-21-22(26-25(31-21)27(2)3)24(30-16-19-12-8-5-9-13-19)23(20)29-15-18-10-6-4-7-11-18/h4-13,17,20-24,28H,14-16H2,1-3H3/t17?,20-,21+,22+,23-,24-/m1/s1. The van der Waals surface area contributed by atoms with Gasteiger partial charge in [-0.25, -0.2) is 4.99 Å². The summed E-state index contributed by atoms with van der Waals surface area (Å²) in [5, 5.41) is 10.6. The highest BCUT2D eigenvalue weighted by molar-refractivity contribution is 5.75. The van der Waals surface area contributed by atoms with E-state index < -0.39 is 6.10 Å². The van der Waals surface area contributed by atoms with E-state index in [4.69, 9.17) is 19.2 Å². The van der Waals surface area contributed by atoms with Crippen molar-refractivity contribution >= 4 is 6.02 Å². The third-order valence-corrected chi connectivity index (χ3v) is 6.06. The van der Waals surface area contributed by atoms with Gasteiger partial charge in [-0.3, -0.25) is 0 Å². The largest absolute Gasteiger partial charge is 0.459 e. The van der Waals surface area contributed by atoms with E-state index in [-0.39, 0.29) is 30.3 Å². The minimum absolute atomic E-state index is 0.109. The maximum atomic E-state index is 10.6. The van der Waals surface area contributed by atoms with Crippen LogP contribution >= 0.6 is 0 Å². The van der Waals surface area contributed by atoms with Crippen LogP contribution in [0.1, 0.15) is 24.5 Å². The Morgan fingerprint density at radius 2 is 1.52 bits per heavy atom. The molecule has 2 aromatic carbocycles. The average molecular weight is 425 g/mol. The molecule has 2 aliphatic rings. The maximum Gasteiger partial charge on any atom is 0.287 e. The summed E-state index contributed by atoms with van der Waals surface area (Å²) in [6, 6.07) is 20.6. The lowest BCUT2D eigenvalue weighted by molar-refractivity contribution is -0.168. The van der Waals surface area contributed by atoms with Crippen molar-refractivity contribution < 1.29 is 19.3 Å². The molecule has 1 N–H and O–H groups in total. The molecule has 6 atom stereocenters. The highest BCUT2D eigenvalue weighted by atomic mass is 16.6. The molecule has 0 aromatic heterocycles. The van der Waals surface area contributed by atoms with E-state index in [2.05, 4.69) is 0 Å². The van der Waals surface area contributed by atoms with Crippen LogP contribution in [-0.2, 0) is 27.4 Å². The van der Waals surface area contributed by atoms with Crippen LogP contribution in [0.25, 0.3) is 0 Å². The topological polar surface area (TPSA) is 63.5 Å². The summed E-state index contributed by atoms with van der Waals surface area (Å²) in [6.45, 7) is 2.74. The number of aliphatic imine (C=N–C) groups is 1. The molecule has 4 rings (SSSR count). The van der Waals surface area contributed by atoms with Crippen molar-refractivity contribution in [3.63, 3.8) is 0 Å². The summed E-state index contributed by atoms with van der Waals surface area (Å²) in [4.78, 5) is 6.71. The summed E-state index contributed by atoms with van der Waals surface area (Å²) < 4.78 is 19.0. The Labute approximate surface area is 184 Å². The first-order valence-electron chi connectivity index (χ1n) is 10.9. The number of rotatable bonds is 7. The summed E-state index contributed by atoms with van der Waals surface area (Å²) in [5.41, 5.74) is 2.19. The SMILES string of the molecule is CC(O)[C@H]1C[C@@H]2OC(N(C)C)=N[C@@H]2[C@@H](OCc2ccccc2)[C@@H]1OCc1ccccc1. The smallest absolute Gasteiger partial charge is 0.287 e. The van der Waals surface area contributed by atoms with Gasteiger partial charge in [0, 0.05) is 20.0 Å². The lowest BCUT2D eigenvalue weighted by Crippen LogP contribution is -2.56. The molecule has 6 nitrogen and oxygen atoms in total. The molecule has 31 heavy (non-hydrogen) atoms. The van der Waals surface area contributed by atoms with E-state index in [1.54, 1.807) is 0 Å². The first-order chi connectivity index (χ1) is 15.0. The van der Waals surface area contributed by atoms with E-state index in [0.717, 1.165) is 11.1 Å². The summed E-state index contributed by atoms with van der Waals surface area (Å²) in [7, 11) is 3.84. The number of ether oxygens (including phenoxy) is 3. The van der Waals surface area contributed by atoms with Gasteiger partial charge in [0.25, 0.3) is 6.02 Å². The molecule has 1 aliphatic carbocycles. The number of benzene rings is 2. The summed E-state index contributed by atoms with van der Waals surface area (Å²) >= 11 is 0. The predicted octanol–water partition coefficient (Wildman–Crippen LogP) is 3.24. The Kier molecular flexibility index (Phi) is 6.90. The fourth-order valence-corrected chi connectivity index (χ4v) is 4.40. The number of nitrogens with zero attached hydrogens (tertiary/aromatic N) is 2. The third kappa shape index (κ3) is 5.09. The second-order valence-corrected chi connectivity index (χ2v) is 8.62. The van der Waals surface area contributed by atoms with Crippen LogP contribution in [0.5, 0.6) is 0 Å². The number of aliphatic hydroxyl groups is 1. The van der Waals surface area contributed by atoms with E-state index >= 15 is 0 Å². The Bertz CT molecular complexity index is 856. The van der Waals surface area contributed by atoms with Crippen molar-refractivity contribution in [1.82, 2.24) is 4.90 Å². The normalized spacial score (nSPS) is 28.4. The van der Waals surface area contributed by atoms with Crippen LogP contribution in [0.4, 0.5) is 0 Å². The van der Waals surface area contributed by atoms with E-state index in [1.807, 2.05) is 86.6 Å². The van der Waals surface area contributed by atoms with Crippen LogP contribution in [0.15, 0.2) is 65.7 Å². The van der Waals surface area contributed by atoms with Crippen LogP contribution in [0.3, 0.4) is 0 Å². The van der Waals surface area contributed by atoms with E-state index in [9.17, 15) is 5.11 Å². The molecule has 1 heterocycles. The zero-order valence-corrected chi connectivity index (χ0v) is 18.4. The third-order valence-electron chi connectivity index (χ3n) is 6.06. The summed E-state index contributed by atoms with van der Waals surface area (Å²) in [6.07, 6.45) is -0.613. The van der Waals surface area contributed by atoms with Gasteiger partial charge < -0.3 is 24.2 Å². The highest BCUT2D eigenvalue weighted by Crippen LogP contribution is 2.38. The van der Waals surface area contributed by atoms with E-state index in [1.165, 1.54) is 0 Å². The fraction of sp³-hybridized carbons (Fsp3) is 0.480. The molecular weight excluding hydrogens is 392 g/mol. The fourth-order valence-electron chi connectivity index (χ4n) is 4.40. The molecule has 1 aliphatic heterocycles. The quantitative estimate of drug-likeness (QED) is 0.739. The molecule has 6 heteroatoms. The Balaban J connectivity index is 1.59. The number of aliphatic hydroxyl groups excluding tert-OH is 1. The first kappa shape index (κ1) is 21.8. The number of hydrogen-bond donors (Lipinski definition) is 1. The van der Waals surface area contributed by atoms with Gasteiger partial charge in [-0.1, -0.05) is 60.7 Å². The average Bonchev–Trinajstić information content (AvgIpc) is 3.22. The molecule has 0 amide bonds. The van der Waals surface area contributed by atoms with E-state index in [0.29, 0.717) is 25.7 Å². The van der Waals surface area contributed by atoms with Crippen molar-refractivity contribution in [2.45, 2.75) is 57.0 Å². The zero-order valence-electron chi connectivity index (χ0n) is 18.4. The molecular formula is C25H32N2O4. The first-order valence-corrected chi connectivity index (χ1v) is 10.9. The number of hydrogen-bond acceptors (Lipinski definition) is 6. The molecule has 166 valence electrons. The lowest BCUT2D eigenvalue weighted by Gasteiger charge is -2.43. The summed E-state index contributed by atoms with van der Waals surface area (Å²) in [5.74, 6) is -0.109. The monoisotopic (exact) mass is 424 g/mol. The highest BCUT2D eigenvalue weighted by Gasteiger charge is 2.52. The Morgan fingerprint density at radius 3 is 2.03 bits per heavy atom. The van der Waals surface area contributed by atoms with Crippen LogP contribution in [0, 0.1) is 5.92 Å². The molecule has 2 aromatic rings. The Morgan fingerprint density at radius 1 is 0.968 bits per heavy atom. The van der Waals surface area contributed by atoms with Gasteiger partial charge in [0.2, 0.25) is 0 Å². The van der Waals surface area contributed by atoms with Gasteiger partial charge >= 0.3 is 0 Å². The van der Waals surface area contributed by atoms with Crippen molar-refractivity contribution in [3.8, 4) is 0 Å². The van der Waals surface area contributed by atoms with Gasteiger partial charge in [-0.2, -0.15) is 0 Å². The minimum atomic E-state index is -0.545.